The summed E-state index contributed by atoms with van der Waals surface area (Å²) in [5.74, 6) is -0.357. The van der Waals surface area contributed by atoms with E-state index < -0.39 is 11.9 Å². The Morgan fingerprint density at radius 3 is 2.57 bits per heavy atom. The van der Waals surface area contributed by atoms with Crippen molar-refractivity contribution in [2.24, 2.45) is 0 Å². The zero-order chi connectivity index (χ0) is 20.9. The molecule has 0 saturated heterocycles. The van der Waals surface area contributed by atoms with E-state index in [-0.39, 0.29) is 17.6 Å². The monoisotopic (exact) mass is 444 g/mol. The van der Waals surface area contributed by atoms with Crippen LogP contribution in [0.3, 0.4) is 0 Å². The number of benzene rings is 1. The van der Waals surface area contributed by atoms with Crippen LogP contribution in [0.2, 0.25) is 5.02 Å². The first-order valence-electron chi connectivity index (χ1n) is 9.83. The number of nitrogens with zero attached hydrogens (tertiary/aromatic N) is 3. The molecule has 0 bridgehead atoms. The highest BCUT2D eigenvalue weighted by atomic mass is 35.5. The summed E-state index contributed by atoms with van der Waals surface area (Å²) >= 11 is 7.12. The molecule has 1 aliphatic rings. The van der Waals surface area contributed by atoms with E-state index in [1.165, 1.54) is 17.6 Å². The Morgan fingerprint density at radius 2 is 1.93 bits per heavy atom. The van der Waals surface area contributed by atoms with E-state index in [4.69, 9.17) is 16.0 Å². The summed E-state index contributed by atoms with van der Waals surface area (Å²) in [4.78, 5) is 28.2. The smallest absolute Gasteiger partial charge is 0.280 e. The molecule has 1 saturated carbocycles. The predicted octanol–water partition coefficient (Wildman–Crippen LogP) is 4.62. The number of hydrogen-bond donors (Lipinski definition) is 1. The summed E-state index contributed by atoms with van der Waals surface area (Å²) in [6.07, 6.45) is 6.70. The molecule has 1 aromatic carbocycles. The van der Waals surface area contributed by atoms with Gasteiger partial charge in [-0.15, -0.1) is 5.10 Å². The third kappa shape index (κ3) is 4.55. The van der Waals surface area contributed by atoms with Gasteiger partial charge in [-0.3, -0.25) is 14.5 Å². The van der Waals surface area contributed by atoms with Crippen LogP contribution in [0.15, 0.2) is 52.5 Å². The molecule has 7 nitrogen and oxygen atoms in total. The highest BCUT2D eigenvalue weighted by molar-refractivity contribution is 7.03. The van der Waals surface area contributed by atoms with E-state index >= 15 is 0 Å². The number of nitrogens with one attached hydrogen (secondary N) is 1. The summed E-state index contributed by atoms with van der Waals surface area (Å²) in [5.41, 5.74) is 0.676. The molecule has 1 N–H and O–H groups in total. The van der Waals surface area contributed by atoms with E-state index in [1.54, 1.807) is 41.8 Å². The molecule has 2 amide bonds. The van der Waals surface area contributed by atoms with Gasteiger partial charge in [-0.25, -0.2) is 0 Å². The summed E-state index contributed by atoms with van der Waals surface area (Å²) < 4.78 is 9.38. The lowest BCUT2D eigenvalue weighted by Crippen LogP contribution is -2.47. The van der Waals surface area contributed by atoms with Gasteiger partial charge in [-0.05, 0) is 60.8 Å². The molecule has 1 aliphatic carbocycles. The van der Waals surface area contributed by atoms with Crippen LogP contribution in [0.5, 0.6) is 0 Å². The van der Waals surface area contributed by atoms with Gasteiger partial charge in [-0.1, -0.05) is 35.4 Å². The first-order chi connectivity index (χ1) is 14.6. The number of aromatic nitrogens is 2. The standard InChI is InChI=1S/C21H21ClN4O3S/c22-14-8-10-16(11-9-14)26(21(28)17-13-30-25-24-17)19(18-7-4-12-29-18)20(27)23-15-5-2-1-3-6-15/h4,7-13,15,19H,1-3,5-6H2,(H,23,27)/t19-/m0/s1. The minimum atomic E-state index is -0.989. The minimum absolute atomic E-state index is 0.0896. The van der Waals surface area contributed by atoms with Gasteiger partial charge in [0.15, 0.2) is 11.7 Å². The Bertz CT molecular complexity index is 970. The number of halogens is 1. The van der Waals surface area contributed by atoms with Gasteiger partial charge in [0.25, 0.3) is 11.8 Å². The topological polar surface area (TPSA) is 88.3 Å². The molecule has 3 aromatic rings. The van der Waals surface area contributed by atoms with Crippen LogP contribution < -0.4 is 10.2 Å². The van der Waals surface area contributed by atoms with E-state index in [0.29, 0.717) is 16.5 Å². The summed E-state index contributed by atoms with van der Waals surface area (Å²) in [5, 5.41) is 9.11. The summed E-state index contributed by atoms with van der Waals surface area (Å²) in [6, 6.07) is 9.24. The van der Waals surface area contributed by atoms with Crippen LogP contribution in [0.4, 0.5) is 5.69 Å². The van der Waals surface area contributed by atoms with Gasteiger partial charge in [0, 0.05) is 22.1 Å². The molecule has 2 heterocycles. The maximum Gasteiger partial charge on any atom is 0.280 e. The number of carbonyl (C=O) groups is 2. The Morgan fingerprint density at radius 1 is 1.17 bits per heavy atom. The maximum atomic E-state index is 13.4. The highest BCUT2D eigenvalue weighted by Gasteiger charge is 2.37. The van der Waals surface area contributed by atoms with E-state index in [0.717, 1.165) is 37.2 Å². The fraction of sp³-hybridized carbons (Fsp3) is 0.333. The molecule has 156 valence electrons. The Balaban J connectivity index is 1.73. The Kier molecular flexibility index (Phi) is 6.44. The third-order valence-electron chi connectivity index (χ3n) is 5.17. The van der Waals surface area contributed by atoms with Crippen LogP contribution in [0.25, 0.3) is 0 Å². The number of carbonyl (C=O) groups excluding carboxylic acids is 2. The molecule has 0 spiro atoms. The van der Waals surface area contributed by atoms with Crippen LogP contribution in [-0.4, -0.2) is 27.4 Å². The van der Waals surface area contributed by atoms with Crippen molar-refractivity contribution in [2.75, 3.05) is 4.90 Å². The molecule has 0 radical (unpaired) electrons. The third-order valence-corrected chi connectivity index (χ3v) is 5.93. The van der Waals surface area contributed by atoms with E-state index in [9.17, 15) is 9.59 Å². The lowest BCUT2D eigenvalue weighted by Gasteiger charge is -2.31. The summed E-state index contributed by atoms with van der Waals surface area (Å²) in [6.45, 7) is 0. The zero-order valence-corrected chi connectivity index (χ0v) is 17.7. The fourth-order valence-electron chi connectivity index (χ4n) is 3.71. The van der Waals surface area contributed by atoms with Crippen molar-refractivity contribution >= 4 is 40.6 Å². The zero-order valence-electron chi connectivity index (χ0n) is 16.2. The van der Waals surface area contributed by atoms with Crippen molar-refractivity contribution < 1.29 is 14.0 Å². The molecule has 9 heteroatoms. The number of anilines is 1. The lowest BCUT2D eigenvalue weighted by molar-refractivity contribution is -0.123. The molecular weight excluding hydrogens is 424 g/mol. The van der Waals surface area contributed by atoms with Gasteiger partial charge < -0.3 is 9.73 Å². The number of hydrogen-bond acceptors (Lipinski definition) is 6. The average Bonchev–Trinajstić information content (AvgIpc) is 3.47. The largest absolute Gasteiger partial charge is 0.467 e. The highest BCUT2D eigenvalue weighted by Crippen LogP contribution is 2.31. The molecule has 2 aromatic heterocycles. The number of rotatable bonds is 6. The average molecular weight is 445 g/mol. The minimum Gasteiger partial charge on any atom is -0.467 e. The second-order valence-corrected chi connectivity index (χ2v) is 8.25. The number of amides is 2. The van der Waals surface area contributed by atoms with Crippen molar-refractivity contribution in [2.45, 2.75) is 44.2 Å². The lowest BCUT2D eigenvalue weighted by atomic mass is 9.95. The van der Waals surface area contributed by atoms with Gasteiger partial charge in [0.05, 0.1) is 6.26 Å². The van der Waals surface area contributed by atoms with Crippen LogP contribution in [0, 0.1) is 0 Å². The van der Waals surface area contributed by atoms with Gasteiger partial charge >= 0.3 is 0 Å². The molecular formula is C21H21ClN4O3S. The van der Waals surface area contributed by atoms with Crippen molar-refractivity contribution in [3.63, 3.8) is 0 Å². The predicted molar refractivity (Wildman–Crippen MR) is 115 cm³/mol. The Hall–Kier alpha value is -2.71. The van der Waals surface area contributed by atoms with Gasteiger partial charge in [-0.2, -0.15) is 0 Å². The molecule has 4 rings (SSSR count). The fourth-order valence-corrected chi connectivity index (χ4v) is 4.27. The second-order valence-electron chi connectivity index (χ2n) is 7.20. The molecule has 1 fully saturated rings. The van der Waals surface area contributed by atoms with Crippen molar-refractivity contribution in [1.82, 2.24) is 14.9 Å². The quantitative estimate of drug-likeness (QED) is 0.599. The molecule has 1 atom stereocenters. The van der Waals surface area contributed by atoms with Gasteiger partial charge in [0.1, 0.15) is 5.76 Å². The molecule has 0 unspecified atom stereocenters. The first kappa shape index (κ1) is 20.6. The summed E-state index contributed by atoms with van der Waals surface area (Å²) in [7, 11) is 0. The second kappa shape index (κ2) is 9.40. The Labute approximate surface area is 183 Å². The normalized spacial score (nSPS) is 15.5. The van der Waals surface area contributed by atoms with Crippen molar-refractivity contribution in [3.8, 4) is 0 Å². The van der Waals surface area contributed by atoms with Crippen LogP contribution in [-0.2, 0) is 4.79 Å². The first-order valence-corrected chi connectivity index (χ1v) is 11.0. The van der Waals surface area contributed by atoms with Crippen molar-refractivity contribution in [1.29, 1.82) is 0 Å². The number of furan rings is 1. The van der Waals surface area contributed by atoms with E-state index in [2.05, 4.69) is 14.9 Å². The van der Waals surface area contributed by atoms with Gasteiger partial charge in [0.2, 0.25) is 0 Å². The van der Waals surface area contributed by atoms with Crippen LogP contribution >= 0.6 is 23.1 Å². The van der Waals surface area contributed by atoms with Crippen molar-refractivity contribution in [3.05, 3.63) is 64.5 Å². The molecule has 30 heavy (non-hydrogen) atoms. The van der Waals surface area contributed by atoms with E-state index in [1.807, 2.05) is 0 Å². The maximum absolute atomic E-state index is 13.4. The molecule has 0 aliphatic heterocycles. The van der Waals surface area contributed by atoms with Crippen LogP contribution in [0.1, 0.15) is 54.4 Å². The SMILES string of the molecule is O=C(NC1CCCCC1)[C@H](c1ccco1)N(C(=O)c1csnn1)c1ccc(Cl)cc1.